The molecule has 18 heavy (non-hydrogen) atoms. The van der Waals surface area contributed by atoms with Crippen LogP contribution in [-0.4, -0.2) is 43.3 Å². The summed E-state index contributed by atoms with van der Waals surface area (Å²) in [4.78, 5) is 4.01. The molecule has 2 aliphatic rings. The molecule has 0 radical (unpaired) electrons. The SMILES string of the molecule is CC(NCC1CN2CCCC2CO1)c1cccs1. The number of thiophene rings is 1. The average molecular weight is 266 g/mol. The smallest absolute Gasteiger partial charge is 0.0827 e. The monoisotopic (exact) mass is 266 g/mol. The number of nitrogens with one attached hydrogen (secondary N) is 1. The van der Waals surface area contributed by atoms with Gasteiger partial charge in [0.15, 0.2) is 0 Å². The Balaban J connectivity index is 1.46. The van der Waals surface area contributed by atoms with E-state index in [1.165, 1.54) is 24.3 Å². The summed E-state index contributed by atoms with van der Waals surface area (Å²) in [5.41, 5.74) is 0. The highest BCUT2D eigenvalue weighted by atomic mass is 32.1. The number of hydrogen-bond acceptors (Lipinski definition) is 4. The largest absolute Gasteiger partial charge is 0.374 e. The first kappa shape index (κ1) is 12.6. The van der Waals surface area contributed by atoms with Gasteiger partial charge in [-0.2, -0.15) is 0 Å². The first-order valence-corrected chi connectivity index (χ1v) is 7.83. The number of nitrogens with zero attached hydrogens (tertiary/aromatic N) is 1. The summed E-state index contributed by atoms with van der Waals surface area (Å²) >= 11 is 1.82. The van der Waals surface area contributed by atoms with Crippen molar-refractivity contribution in [2.24, 2.45) is 0 Å². The van der Waals surface area contributed by atoms with Gasteiger partial charge in [-0.3, -0.25) is 4.90 Å². The molecule has 0 aliphatic carbocycles. The maximum absolute atomic E-state index is 5.96. The van der Waals surface area contributed by atoms with Gasteiger partial charge in [0.2, 0.25) is 0 Å². The van der Waals surface area contributed by atoms with Gasteiger partial charge in [-0.05, 0) is 37.8 Å². The maximum Gasteiger partial charge on any atom is 0.0827 e. The van der Waals surface area contributed by atoms with Gasteiger partial charge in [0.05, 0.1) is 12.7 Å². The summed E-state index contributed by atoms with van der Waals surface area (Å²) in [5, 5.41) is 5.73. The molecule has 2 saturated heterocycles. The van der Waals surface area contributed by atoms with E-state index in [1.807, 2.05) is 11.3 Å². The van der Waals surface area contributed by atoms with Gasteiger partial charge < -0.3 is 10.1 Å². The van der Waals surface area contributed by atoms with Gasteiger partial charge >= 0.3 is 0 Å². The molecule has 0 aromatic carbocycles. The van der Waals surface area contributed by atoms with Gasteiger partial charge in [0.1, 0.15) is 0 Å². The molecule has 1 aromatic heterocycles. The molecule has 3 rings (SSSR count). The number of hydrogen-bond donors (Lipinski definition) is 1. The van der Waals surface area contributed by atoms with Crippen LogP contribution >= 0.6 is 11.3 Å². The van der Waals surface area contributed by atoms with Gasteiger partial charge in [-0.15, -0.1) is 11.3 Å². The highest BCUT2D eigenvalue weighted by molar-refractivity contribution is 7.10. The number of rotatable bonds is 4. The summed E-state index contributed by atoms with van der Waals surface area (Å²) in [6.45, 7) is 6.50. The van der Waals surface area contributed by atoms with Crippen LogP contribution in [0.25, 0.3) is 0 Å². The summed E-state index contributed by atoms with van der Waals surface area (Å²) in [5.74, 6) is 0. The Morgan fingerprint density at radius 1 is 1.61 bits per heavy atom. The van der Waals surface area contributed by atoms with Crippen molar-refractivity contribution >= 4 is 11.3 Å². The fraction of sp³-hybridized carbons (Fsp3) is 0.714. The maximum atomic E-state index is 5.96. The molecule has 0 amide bonds. The van der Waals surface area contributed by atoms with E-state index in [-0.39, 0.29) is 0 Å². The second kappa shape index (κ2) is 5.70. The number of ether oxygens (including phenoxy) is 1. The molecule has 3 nitrogen and oxygen atoms in total. The van der Waals surface area contributed by atoms with Crippen LogP contribution in [0.15, 0.2) is 17.5 Å². The Labute approximate surface area is 113 Å². The highest BCUT2D eigenvalue weighted by Gasteiger charge is 2.32. The average Bonchev–Trinajstić information content (AvgIpc) is 3.05. The van der Waals surface area contributed by atoms with E-state index in [2.05, 4.69) is 34.7 Å². The second-order valence-corrected chi connectivity index (χ2v) is 6.37. The molecule has 3 heterocycles. The lowest BCUT2D eigenvalue weighted by atomic mass is 10.2. The summed E-state index contributed by atoms with van der Waals surface area (Å²) in [6, 6.07) is 5.45. The number of morpholine rings is 1. The van der Waals surface area contributed by atoms with Crippen molar-refractivity contribution in [2.75, 3.05) is 26.2 Å². The summed E-state index contributed by atoms with van der Waals surface area (Å²) < 4.78 is 5.96. The minimum Gasteiger partial charge on any atom is -0.374 e. The lowest BCUT2D eigenvalue weighted by molar-refractivity contribution is -0.0477. The zero-order chi connectivity index (χ0) is 12.4. The molecular formula is C14H22N2OS. The quantitative estimate of drug-likeness (QED) is 0.905. The van der Waals surface area contributed by atoms with E-state index in [9.17, 15) is 0 Å². The zero-order valence-electron chi connectivity index (χ0n) is 11.0. The Hall–Kier alpha value is -0.420. The van der Waals surface area contributed by atoms with Crippen molar-refractivity contribution in [3.63, 3.8) is 0 Å². The second-order valence-electron chi connectivity index (χ2n) is 5.39. The van der Waals surface area contributed by atoms with Crippen LogP contribution in [0.5, 0.6) is 0 Å². The van der Waals surface area contributed by atoms with Crippen molar-refractivity contribution in [3.8, 4) is 0 Å². The molecule has 0 saturated carbocycles. The third kappa shape index (κ3) is 2.77. The first-order chi connectivity index (χ1) is 8.83. The van der Waals surface area contributed by atoms with Gasteiger partial charge in [-0.25, -0.2) is 0 Å². The van der Waals surface area contributed by atoms with E-state index in [0.717, 1.165) is 19.7 Å². The Morgan fingerprint density at radius 2 is 2.56 bits per heavy atom. The van der Waals surface area contributed by atoms with Gasteiger partial charge in [-0.1, -0.05) is 6.07 Å². The molecule has 0 bridgehead atoms. The molecule has 1 aromatic rings. The lowest BCUT2D eigenvalue weighted by Crippen LogP contribution is -2.49. The molecule has 2 fully saturated rings. The molecule has 4 heteroatoms. The Morgan fingerprint density at radius 3 is 3.39 bits per heavy atom. The molecule has 1 N–H and O–H groups in total. The standard InChI is InChI=1S/C14H22N2OS/c1-11(14-5-3-7-18-14)15-8-13-9-16-6-2-4-12(16)10-17-13/h3,5,7,11-13,15H,2,4,6,8-10H2,1H3. The zero-order valence-corrected chi connectivity index (χ0v) is 11.8. The van der Waals surface area contributed by atoms with Crippen LogP contribution in [0.2, 0.25) is 0 Å². The fourth-order valence-electron chi connectivity index (χ4n) is 2.96. The van der Waals surface area contributed by atoms with Gasteiger partial charge in [0.25, 0.3) is 0 Å². The van der Waals surface area contributed by atoms with Crippen molar-refractivity contribution in [3.05, 3.63) is 22.4 Å². The molecule has 2 aliphatic heterocycles. The van der Waals surface area contributed by atoms with Crippen LogP contribution < -0.4 is 5.32 Å². The van der Waals surface area contributed by atoms with Crippen LogP contribution in [0.3, 0.4) is 0 Å². The van der Waals surface area contributed by atoms with Crippen LogP contribution in [0, 0.1) is 0 Å². The van der Waals surface area contributed by atoms with Crippen molar-refractivity contribution in [1.82, 2.24) is 10.2 Å². The van der Waals surface area contributed by atoms with Gasteiger partial charge in [0, 0.05) is 30.1 Å². The highest BCUT2D eigenvalue weighted by Crippen LogP contribution is 2.23. The molecule has 0 spiro atoms. The number of fused-ring (bicyclic) bond motifs is 1. The van der Waals surface area contributed by atoms with E-state index >= 15 is 0 Å². The minimum atomic E-state index is 0.363. The third-order valence-electron chi connectivity index (χ3n) is 4.08. The normalized spacial score (nSPS) is 30.3. The third-order valence-corrected chi connectivity index (χ3v) is 5.14. The van der Waals surface area contributed by atoms with E-state index in [4.69, 9.17) is 4.74 Å². The fourth-order valence-corrected chi connectivity index (χ4v) is 3.71. The molecule has 3 atom stereocenters. The van der Waals surface area contributed by atoms with Crippen LogP contribution in [0.1, 0.15) is 30.7 Å². The Bertz CT molecular complexity index is 368. The predicted octanol–water partition coefficient (Wildman–Crippen LogP) is 2.26. The summed E-state index contributed by atoms with van der Waals surface area (Å²) in [6.07, 6.45) is 3.03. The van der Waals surface area contributed by atoms with E-state index in [0.29, 0.717) is 18.2 Å². The van der Waals surface area contributed by atoms with E-state index < -0.39 is 0 Å². The Kier molecular flexibility index (Phi) is 3.99. The molecular weight excluding hydrogens is 244 g/mol. The van der Waals surface area contributed by atoms with Crippen LogP contribution in [-0.2, 0) is 4.74 Å². The van der Waals surface area contributed by atoms with Crippen molar-refractivity contribution < 1.29 is 4.74 Å². The van der Waals surface area contributed by atoms with Crippen LogP contribution in [0.4, 0.5) is 0 Å². The summed E-state index contributed by atoms with van der Waals surface area (Å²) in [7, 11) is 0. The molecule has 100 valence electrons. The first-order valence-electron chi connectivity index (χ1n) is 6.95. The topological polar surface area (TPSA) is 24.5 Å². The van der Waals surface area contributed by atoms with Crippen molar-refractivity contribution in [1.29, 1.82) is 0 Å². The lowest BCUT2D eigenvalue weighted by Gasteiger charge is -2.35. The predicted molar refractivity (Wildman–Crippen MR) is 75.1 cm³/mol. The molecule has 3 unspecified atom stereocenters. The minimum absolute atomic E-state index is 0.363. The van der Waals surface area contributed by atoms with E-state index in [1.54, 1.807) is 0 Å². The van der Waals surface area contributed by atoms with Crippen molar-refractivity contribution in [2.45, 2.75) is 38.0 Å².